The van der Waals surface area contributed by atoms with E-state index in [1.807, 2.05) is 0 Å². The molecule has 0 bridgehead atoms. The number of alkyl halides is 6. The van der Waals surface area contributed by atoms with Gasteiger partial charge in [0, 0.05) is 16.1 Å². The Morgan fingerprint density at radius 1 is 1.03 bits per heavy atom. The third-order valence-electron chi connectivity index (χ3n) is 3.59. The summed E-state index contributed by atoms with van der Waals surface area (Å²) >= 11 is 3.05. The summed E-state index contributed by atoms with van der Waals surface area (Å²) in [5, 5.41) is 11.1. The predicted octanol–water partition coefficient (Wildman–Crippen LogP) is 5.12. The molecule has 0 aromatic heterocycles. The predicted molar refractivity (Wildman–Crippen MR) is 89.9 cm³/mol. The van der Waals surface area contributed by atoms with Crippen LogP contribution < -0.4 is 4.18 Å². The van der Waals surface area contributed by atoms with Gasteiger partial charge >= 0.3 is 22.0 Å². The van der Waals surface area contributed by atoms with Crippen molar-refractivity contribution < 1.29 is 43.9 Å². The zero-order chi connectivity index (χ0) is 22.2. The summed E-state index contributed by atoms with van der Waals surface area (Å²) in [6, 6.07) is 5.02. The van der Waals surface area contributed by atoms with E-state index in [4.69, 9.17) is 0 Å². The van der Waals surface area contributed by atoms with Gasteiger partial charge in [0.1, 0.15) is 4.90 Å². The molecule has 0 aliphatic heterocycles. The largest absolute Gasteiger partial charge is 0.432 e. The Bertz CT molecular complexity index is 1030. The maximum Gasteiger partial charge on any atom is 0.432 e. The van der Waals surface area contributed by atoms with E-state index >= 15 is 0 Å². The van der Waals surface area contributed by atoms with Gasteiger partial charge in [-0.3, -0.25) is 10.1 Å². The van der Waals surface area contributed by atoms with E-state index in [1.54, 1.807) is 0 Å². The minimum Gasteiger partial charge on any atom is -0.372 e. The molecule has 0 heterocycles. The van der Waals surface area contributed by atoms with Gasteiger partial charge in [0.15, 0.2) is 0 Å². The first kappa shape index (κ1) is 22.9. The zero-order valence-electron chi connectivity index (χ0n) is 13.7. The van der Waals surface area contributed by atoms with E-state index in [-0.39, 0.29) is 12.1 Å². The Hall–Kier alpha value is -2.35. The fraction of sp³-hybridized carbons (Fsp3) is 0.200. The summed E-state index contributed by atoms with van der Waals surface area (Å²) in [5.74, 6) is -1.08. The van der Waals surface area contributed by atoms with E-state index in [2.05, 4.69) is 20.1 Å². The number of nitrogens with zero attached hydrogens (tertiary/aromatic N) is 1. The van der Waals surface area contributed by atoms with Crippen LogP contribution in [0.25, 0.3) is 0 Å². The summed E-state index contributed by atoms with van der Waals surface area (Å²) in [6.07, 6.45) is -10.7. The van der Waals surface area contributed by atoms with Crippen LogP contribution in [0.4, 0.5) is 32.0 Å². The van der Waals surface area contributed by atoms with Gasteiger partial charge in [-0.1, -0.05) is 22.0 Å². The lowest BCUT2D eigenvalue weighted by Crippen LogP contribution is -2.44. The second kappa shape index (κ2) is 7.82. The third kappa shape index (κ3) is 4.47. The van der Waals surface area contributed by atoms with Crippen molar-refractivity contribution in [1.29, 1.82) is 0 Å². The first-order valence-electron chi connectivity index (χ1n) is 7.23. The molecular weight excluding hydrogens is 500 g/mol. The monoisotopic (exact) mass is 507 g/mol. The maximum absolute atomic E-state index is 14.1. The van der Waals surface area contributed by atoms with Crippen molar-refractivity contribution in [3.05, 3.63) is 62.6 Å². The second-order valence-electron chi connectivity index (χ2n) is 5.44. The average molecular weight is 508 g/mol. The van der Waals surface area contributed by atoms with Crippen molar-refractivity contribution in [1.82, 2.24) is 0 Å². The number of rotatable bonds is 6. The lowest BCUT2D eigenvalue weighted by Gasteiger charge is -2.27. The van der Waals surface area contributed by atoms with Gasteiger partial charge in [-0.05, 0) is 30.3 Å². The van der Waals surface area contributed by atoms with E-state index < -0.39 is 55.2 Å². The zero-order valence-corrected chi connectivity index (χ0v) is 16.1. The van der Waals surface area contributed by atoms with Crippen molar-refractivity contribution in [2.75, 3.05) is 0 Å². The van der Waals surface area contributed by atoms with Crippen molar-refractivity contribution in [3.8, 4) is 5.75 Å². The Balaban J connectivity index is 2.56. The molecule has 0 aliphatic rings. The van der Waals surface area contributed by atoms with Crippen LogP contribution in [0.2, 0.25) is 0 Å². The molecule has 29 heavy (non-hydrogen) atoms. The maximum atomic E-state index is 14.1. The highest BCUT2D eigenvalue weighted by atomic mass is 79.9. The van der Waals surface area contributed by atoms with Gasteiger partial charge in [-0.15, -0.1) is 0 Å². The van der Waals surface area contributed by atoms with Gasteiger partial charge in [0.2, 0.25) is 5.75 Å². The average Bonchev–Trinajstić information content (AvgIpc) is 2.60. The minimum atomic E-state index is -6.10. The molecule has 6 nitrogen and oxygen atoms in total. The van der Waals surface area contributed by atoms with Crippen molar-refractivity contribution in [2.24, 2.45) is 0 Å². The highest BCUT2D eigenvalue weighted by Gasteiger charge is 2.64. The van der Waals surface area contributed by atoms with E-state index in [0.29, 0.717) is 10.5 Å². The fourth-order valence-corrected chi connectivity index (χ4v) is 3.35. The van der Waals surface area contributed by atoms with E-state index in [0.717, 1.165) is 12.1 Å². The van der Waals surface area contributed by atoms with E-state index in [1.165, 1.54) is 12.1 Å². The topological polar surface area (TPSA) is 86.5 Å². The number of benzene rings is 2. The molecule has 2 aromatic rings. The van der Waals surface area contributed by atoms with Crippen LogP contribution in [0.5, 0.6) is 5.75 Å². The number of hydrogen-bond acceptors (Lipinski definition) is 5. The Kier molecular flexibility index (Phi) is 6.18. The smallest absolute Gasteiger partial charge is 0.372 e. The third-order valence-corrected chi connectivity index (χ3v) is 5.37. The Morgan fingerprint density at radius 3 is 2.03 bits per heavy atom. The molecule has 158 valence electrons. The summed E-state index contributed by atoms with van der Waals surface area (Å²) in [7, 11) is -4.67. The summed E-state index contributed by atoms with van der Waals surface area (Å²) < 4.78 is 108. The van der Waals surface area contributed by atoms with Crippen LogP contribution in [-0.2, 0) is 15.8 Å². The van der Waals surface area contributed by atoms with Crippen molar-refractivity contribution in [3.63, 3.8) is 0 Å². The number of halogens is 7. The van der Waals surface area contributed by atoms with Gasteiger partial charge < -0.3 is 4.18 Å². The number of hydrogen-bond donors (Lipinski definition) is 0. The van der Waals surface area contributed by atoms with Crippen LogP contribution >= 0.6 is 15.9 Å². The lowest BCUT2D eigenvalue weighted by molar-refractivity contribution is -0.385. The molecule has 0 fully saturated rings. The highest BCUT2D eigenvalue weighted by Crippen LogP contribution is 2.48. The number of nitro groups is 1. The van der Waals surface area contributed by atoms with Crippen LogP contribution in [-0.4, -0.2) is 25.9 Å². The SMILES string of the molecule is O=[N+]([O-])c1cc(C(F)(C(F)F)C(F)(F)F)ccc1OS(=O)(=O)c1ccc(Br)cc1. The molecule has 2 aromatic carbocycles. The van der Waals surface area contributed by atoms with Crippen LogP contribution in [0.1, 0.15) is 5.56 Å². The Morgan fingerprint density at radius 2 is 1.59 bits per heavy atom. The fourth-order valence-electron chi connectivity index (χ4n) is 2.14. The normalized spacial score (nSPS) is 14.5. The Labute approximate surface area is 167 Å². The van der Waals surface area contributed by atoms with E-state index in [9.17, 15) is 44.9 Å². The first-order chi connectivity index (χ1) is 13.2. The highest BCUT2D eigenvalue weighted by molar-refractivity contribution is 9.10. The van der Waals surface area contributed by atoms with Gasteiger partial charge in [0.25, 0.3) is 12.1 Å². The van der Waals surface area contributed by atoms with Crippen LogP contribution in [0, 0.1) is 10.1 Å². The van der Waals surface area contributed by atoms with Gasteiger partial charge in [-0.2, -0.15) is 21.6 Å². The molecule has 0 amide bonds. The molecule has 1 unspecified atom stereocenters. The number of nitro benzene ring substituents is 1. The van der Waals surface area contributed by atoms with Crippen LogP contribution in [0.3, 0.4) is 0 Å². The molecule has 0 N–H and O–H groups in total. The second-order valence-corrected chi connectivity index (χ2v) is 7.90. The minimum absolute atomic E-state index is 0.138. The lowest BCUT2D eigenvalue weighted by atomic mass is 9.95. The molecule has 0 saturated heterocycles. The summed E-state index contributed by atoms with van der Waals surface area (Å²) in [4.78, 5) is 9.27. The van der Waals surface area contributed by atoms with Gasteiger partial charge in [-0.25, -0.2) is 13.2 Å². The molecular formula is C15H8BrF6NO5S. The molecule has 14 heteroatoms. The molecule has 0 saturated carbocycles. The molecule has 2 rings (SSSR count). The quantitative estimate of drug-likeness (QED) is 0.234. The first-order valence-corrected chi connectivity index (χ1v) is 9.43. The molecule has 0 spiro atoms. The van der Waals surface area contributed by atoms with Gasteiger partial charge in [0.05, 0.1) is 4.92 Å². The summed E-state index contributed by atoms with van der Waals surface area (Å²) in [6.45, 7) is 0. The molecule has 1 atom stereocenters. The standard InChI is InChI=1S/C15H8BrF6NO5S/c16-9-2-4-10(5-3-9)29(26,27)28-12-6-1-8(7-11(12)23(24)25)14(19,13(17)18)15(20,21)22/h1-7,13H. The van der Waals surface area contributed by atoms with Crippen molar-refractivity contribution in [2.45, 2.75) is 23.2 Å². The molecule has 0 radical (unpaired) electrons. The summed E-state index contributed by atoms with van der Waals surface area (Å²) in [5.41, 5.74) is -8.43. The van der Waals surface area contributed by atoms with Crippen LogP contribution in [0.15, 0.2) is 51.8 Å². The van der Waals surface area contributed by atoms with Crippen molar-refractivity contribution >= 4 is 31.7 Å². The molecule has 0 aliphatic carbocycles.